The van der Waals surface area contributed by atoms with E-state index in [9.17, 15) is 13.9 Å². The molecule has 0 atom stereocenters. The summed E-state index contributed by atoms with van der Waals surface area (Å²) in [7, 11) is 0. The van der Waals surface area contributed by atoms with Gasteiger partial charge in [0.25, 0.3) is 6.43 Å². The first kappa shape index (κ1) is 20.7. The largest absolute Gasteiger partial charge is 0.390 e. The Morgan fingerprint density at radius 1 is 1.22 bits per heavy atom. The van der Waals surface area contributed by atoms with Crippen LogP contribution in [0.2, 0.25) is 0 Å². The lowest BCUT2D eigenvalue weighted by Crippen LogP contribution is -2.36. The monoisotopic (exact) mass is 441 g/mol. The standard InChI is InChI=1S/C22H25F2N7O/c1-13-27-20-17(30(13)12-19(23)24)9-14(10-25-20)16-5-8-31-18(16)11-26-21(29-31)28-15-3-6-22(2,32)7-4-15/h5,8-11,15,19,32H,3-4,6-7,12H2,1-2H3,(H,28,29). The number of halogens is 2. The molecule has 10 heteroatoms. The predicted octanol–water partition coefficient (Wildman–Crippen LogP) is 3.82. The van der Waals surface area contributed by atoms with E-state index in [-0.39, 0.29) is 6.04 Å². The van der Waals surface area contributed by atoms with Crippen molar-refractivity contribution in [2.45, 2.75) is 64.1 Å². The molecule has 0 aromatic carbocycles. The molecular formula is C22H25F2N7O. The molecule has 1 fully saturated rings. The second-order valence-corrected chi connectivity index (χ2v) is 8.78. The van der Waals surface area contributed by atoms with Crippen molar-refractivity contribution in [3.63, 3.8) is 0 Å². The molecule has 4 aromatic heterocycles. The van der Waals surface area contributed by atoms with Crippen molar-refractivity contribution in [3.05, 3.63) is 36.5 Å². The maximum Gasteiger partial charge on any atom is 0.256 e. The average Bonchev–Trinajstić information content (AvgIpc) is 3.29. The molecule has 0 bridgehead atoms. The zero-order valence-corrected chi connectivity index (χ0v) is 18.0. The quantitative estimate of drug-likeness (QED) is 0.489. The van der Waals surface area contributed by atoms with Crippen molar-refractivity contribution in [1.82, 2.24) is 29.1 Å². The molecule has 0 radical (unpaired) electrons. The lowest BCUT2D eigenvalue weighted by molar-refractivity contribution is 0.0195. The fourth-order valence-corrected chi connectivity index (χ4v) is 4.41. The zero-order valence-electron chi connectivity index (χ0n) is 18.0. The van der Waals surface area contributed by atoms with Crippen LogP contribution in [0.3, 0.4) is 0 Å². The van der Waals surface area contributed by atoms with Gasteiger partial charge in [0, 0.05) is 29.6 Å². The normalized spacial score (nSPS) is 21.6. The molecular weight excluding hydrogens is 416 g/mol. The van der Waals surface area contributed by atoms with E-state index in [1.54, 1.807) is 23.8 Å². The second-order valence-electron chi connectivity index (χ2n) is 8.78. The lowest BCUT2D eigenvalue weighted by Gasteiger charge is -2.33. The highest BCUT2D eigenvalue weighted by molar-refractivity contribution is 5.85. The average molecular weight is 441 g/mol. The molecule has 8 nitrogen and oxygen atoms in total. The van der Waals surface area contributed by atoms with Crippen molar-refractivity contribution in [1.29, 1.82) is 0 Å². The van der Waals surface area contributed by atoms with Crippen LogP contribution in [0.4, 0.5) is 14.7 Å². The molecule has 2 N–H and O–H groups in total. The molecule has 4 aromatic rings. The summed E-state index contributed by atoms with van der Waals surface area (Å²) in [6.45, 7) is 3.16. The van der Waals surface area contributed by atoms with E-state index < -0.39 is 18.6 Å². The van der Waals surface area contributed by atoms with E-state index in [1.807, 2.05) is 25.3 Å². The van der Waals surface area contributed by atoms with Crippen LogP contribution in [0.1, 0.15) is 38.4 Å². The van der Waals surface area contributed by atoms with Crippen LogP contribution in [-0.2, 0) is 6.54 Å². The number of imidazole rings is 1. The molecule has 1 aliphatic carbocycles. The zero-order chi connectivity index (χ0) is 22.5. The van der Waals surface area contributed by atoms with Gasteiger partial charge in [-0.2, -0.15) is 0 Å². The van der Waals surface area contributed by atoms with Crippen LogP contribution in [0, 0.1) is 6.92 Å². The van der Waals surface area contributed by atoms with Crippen LogP contribution in [-0.4, -0.2) is 52.3 Å². The van der Waals surface area contributed by atoms with Gasteiger partial charge in [0.15, 0.2) is 5.65 Å². The van der Waals surface area contributed by atoms with E-state index in [0.717, 1.165) is 42.3 Å². The smallest absolute Gasteiger partial charge is 0.256 e. The summed E-state index contributed by atoms with van der Waals surface area (Å²) < 4.78 is 29.3. The SMILES string of the molecule is Cc1nc2ncc(-c3ccn4nc(NC5CCC(C)(O)CC5)ncc34)cc2n1CC(F)F. The maximum atomic E-state index is 13.0. The molecule has 0 aliphatic heterocycles. The van der Waals surface area contributed by atoms with Gasteiger partial charge in [-0.25, -0.2) is 28.2 Å². The van der Waals surface area contributed by atoms with E-state index in [4.69, 9.17) is 0 Å². The highest BCUT2D eigenvalue weighted by Gasteiger charge is 2.29. The summed E-state index contributed by atoms with van der Waals surface area (Å²) >= 11 is 0. The Morgan fingerprint density at radius 3 is 2.75 bits per heavy atom. The van der Waals surface area contributed by atoms with Crippen LogP contribution in [0.5, 0.6) is 0 Å². The number of nitrogens with one attached hydrogen (secondary N) is 1. The van der Waals surface area contributed by atoms with Gasteiger partial charge in [0.2, 0.25) is 5.95 Å². The summed E-state index contributed by atoms with van der Waals surface area (Å²) in [5.74, 6) is 1.04. The molecule has 4 heterocycles. The Hall–Kier alpha value is -3.14. The fourth-order valence-electron chi connectivity index (χ4n) is 4.41. The highest BCUT2D eigenvalue weighted by atomic mass is 19.3. The molecule has 1 aliphatic rings. The summed E-state index contributed by atoms with van der Waals surface area (Å²) in [6, 6.07) is 3.97. The molecule has 0 spiro atoms. The molecule has 0 saturated heterocycles. The number of aliphatic hydroxyl groups is 1. The Labute approximate surface area is 183 Å². The molecule has 0 amide bonds. The molecule has 168 valence electrons. The van der Waals surface area contributed by atoms with Crippen molar-refractivity contribution in [3.8, 4) is 11.1 Å². The Morgan fingerprint density at radius 2 is 2.00 bits per heavy atom. The number of anilines is 1. The minimum absolute atomic E-state index is 0.229. The van der Waals surface area contributed by atoms with E-state index in [1.165, 1.54) is 4.57 Å². The first-order valence-electron chi connectivity index (χ1n) is 10.7. The molecule has 0 unspecified atom stereocenters. The van der Waals surface area contributed by atoms with Gasteiger partial charge < -0.3 is 15.0 Å². The number of hydrogen-bond acceptors (Lipinski definition) is 6. The Kier molecular flexibility index (Phi) is 5.04. The number of hydrogen-bond donors (Lipinski definition) is 2. The van der Waals surface area contributed by atoms with E-state index in [0.29, 0.717) is 22.9 Å². The van der Waals surface area contributed by atoms with Crippen LogP contribution >= 0.6 is 0 Å². The van der Waals surface area contributed by atoms with Crippen molar-refractivity contribution < 1.29 is 13.9 Å². The predicted molar refractivity (Wildman–Crippen MR) is 117 cm³/mol. The van der Waals surface area contributed by atoms with Gasteiger partial charge in [-0.15, -0.1) is 5.10 Å². The highest BCUT2D eigenvalue weighted by Crippen LogP contribution is 2.30. The van der Waals surface area contributed by atoms with Gasteiger partial charge in [-0.05, 0) is 51.7 Å². The van der Waals surface area contributed by atoms with Crippen LogP contribution in [0.15, 0.2) is 30.7 Å². The van der Waals surface area contributed by atoms with E-state index >= 15 is 0 Å². The first-order chi connectivity index (χ1) is 15.3. The fraction of sp³-hybridized carbons (Fsp3) is 0.455. The Bertz CT molecular complexity index is 1270. The van der Waals surface area contributed by atoms with Gasteiger partial charge in [0.05, 0.1) is 29.4 Å². The maximum absolute atomic E-state index is 13.0. The summed E-state index contributed by atoms with van der Waals surface area (Å²) in [4.78, 5) is 13.1. The summed E-state index contributed by atoms with van der Waals surface area (Å²) in [5.41, 5.74) is 2.88. The number of rotatable bonds is 5. The number of fused-ring (bicyclic) bond motifs is 2. The first-order valence-corrected chi connectivity index (χ1v) is 10.7. The molecule has 1 saturated carbocycles. The van der Waals surface area contributed by atoms with E-state index in [2.05, 4.69) is 25.4 Å². The van der Waals surface area contributed by atoms with Crippen molar-refractivity contribution >= 4 is 22.6 Å². The van der Waals surface area contributed by atoms with Crippen molar-refractivity contribution in [2.24, 2.45) is 0 Å². The van der Waals surface area contributed by atoms with Crippen LogP contribution in [0.25, 0.3) is 27.8 Å². The number of aryl methyl sites for hydroxylation is 1. The van der Waals surface area contributed by atoms with Gasteiger partial charge in [-0.3, -0.25) is 0 Å². The number of pyridine rings is 1. The third kappa shape index (κ3) is 3.90. The third-order valence-corrected chi connectivity index (χ3v) is 6.24. The summed E-state index contributed by atoms with van der Waals surface area (Å²) in [6.07, 6.45) is 6.03. The molecule has 5 rings (SSSR count). The lowest BCUT2D eigenvalue weighted by atomic mass is 9.84. The number of nitrogens with zero attached hydrogens (tertiary/aromatic N) is 6. The van der Waals surface area contributed by atoms with Gasteiger partial charge >= 0.3 is 0 Å². The summed E-state index contributed by atoms with van der Waals surface area (Å²) in [5, 5.41) is 18.1. The second kappa shape index (κ2) is 7.77. The van der Waals surface area contributed by atoms with Gasteiger partial charge in [0.1, 0.15) is 5.82 Å². The van der Waals surface area contributed by atoms with Gasteiger partial charge in [-0.1, -0.05) is 0 Å². The van der Waals surface area contributed by atoms with Crippen LogP contribution < -0.4 is 5.32 Å². The molecule has 32 heavy (non-hydrogen) atoms. The third-order valence-electron chi connectivity index (χ3n) is 6.24. The van der Waals surface area contributed by atoms with Crippen molar-refractivity contribution in [2.75, 3.05) is 5.32 Å². The minimum Gasteiger partial charge on any atom is -0.390 e. The minimum atomic E-state index is -2.47. The number of aromatic nitrogens is 6. The number of alkyl halides is 2. The Balaban J connectivity index is 1.43. The topological polar surface area (TPSA) is 93.2 Å².